The van der Waals surface area contributed by atoms with Crippen LogP contribution in [0.5, 0.6) is 0 Å². The summed E-state index contributed by atoms with van der Waals surface area (Å²) in [5.41, 5.74) is 0.00934. The first-order chi connectivity index (χ1) is 11.1. The first kappa shape index (κ1) is 16.7. The number of hydrogen-bond donors (Lipinski definition) is 2. The van der Waals surface area contributed by atoms with Crippen LogP contribution in [0.15, 0.2) is 0 Å². The molecule has 0 radical (unpaired) electrons. The minimum Gasteiger partial charge on any atom is -0.481 e. The van der Waals surface area contributed by atoms with Gasteiger partial charge in [-0.3, -0.25) is 9.59 Å². The van der Waals surface area contributed by atoms with E-state index in [0.717, 1.165) is 32.3 Å². The molecule has 0 aromatic heterocycles. The molecule has 3 fully saturated rings. The standard InChI is InChI=1S/C18H29NO4/c20-16(13-4-6-14(7-5-13)17(21)22)19-15-8-11-23-18(12-15)9-2-1-3-10-18/h13-15H,1-12H2,(H,19,20)(H,21,22). The van der Waals surface area contributed by atoms with E-state index in [1.807, 2.05) is 0 Å². The number of carbonyl (C=O) groups excluding carboxylic acids is 1. The third-order valence-corrected chi connectivity index (χ3v) is 6.05. The van der Waals surface area contributed by atoms with Gasteiger partial charge in [-0.15, -0.1) is 0 Å². The van der Waals surface area contributed by atoms with Crippen molar-refractivity contribution < 1.29 is 19.4 Å². The van der Waals surface area contributed by atoms with Crippen molar-refractivity contribution in [3.8, 4) is 0 Å². The summed E-state index contributed by atoms with van der Waals surface area (Å²) in [5.74, 6) is -0.845. The van der Waals surface area contributed by atoms with Crippen LogP contribution < -0.4 is 5.32 Å². The summed E-state index contributed by atoms with van der Waals surface area (Å²) in [5, 5.41) is 12.3. The summed E-state index contributed by atoms with van der Waals surface area (Å²) in [6.45, 7) is 0.747. The average Bonchev–Trinajstić information content (AvgIpc) is 2.55. The number of hydrogen-bond acceptors (Lipinski definition) is 3. The summed E-state index contributed by atoms with van der Waals surface area (Å²) in [4.78, 5) is 23.5. The normalized spacial score (nSPS) is 34.0. The fraction of sp³-hybridized carbons (Fsp3) is 0.889. The third kappa shape index (κ3) is 4.06. The van der Waals surface area contributed by atoms with Crippen molar-refractivity contribution in [3.63, 3.8) is 0 Å². The van der Waals surface area contributed by atoms with Gasteiger partial charge < -0.3 is 15.2 Å². The number of carboxylic acid groups (broad SMARTS) is 1. The van der Waals surface area contributed by atoms with Crippen molar-refractivity contribution in [2.75, 3.05) is 6.61 Å². The predicted octanol–water partition coefficient (Wildman–Crippen LogP) is 2.88. The van der Waals surface area contributed by atoms with E-state index >= 15 is 0 Å². The predicted molar refractivity (Wildman–Crippen MR) is 86.0 cm³/mol. The molecule has 0 bridgehead atoms. The largest absolute Gasteiger partial charge is 0.481 e. The highest BCUT2D eigenvalue weighted by molar-refractivity contribution is 5.79. The number of carboxylic acids is 1. The van der Waals surface area contributed by atoms with Gasteiger partial charge >= 0.3 is 5.97 Å². The topological polar surface area (TPSA) is 75.6 Å². The van der Waals surface area contributed by atoms with Crippen LogP contribution in [0.4, 0.5) is 0 Å². The Morgan fingerprint density at radius 2 is 1.61 bits per heavy atom. The van der Waals surface area contributed by atoms with E-state index in [4.69, 9.17) is 9.84 Å². The van der Waals surface area contributed by atoms with Crippen molar-refractivity contribution >= 4 is 11.9 Å². The molecule has 23 heavy (non-hydrogen) atoms. The van der Waals surface area contributed by atoms with E-state index in [2.05, 4.69) is 5.32 Å². The highest BCUT2D eigenvalue weighted by atomic mass is 16.5. The second kappa shape index (κ2) is 7.20. The number of amides is 1. The lowest BCUT2D eigenvalue weighted by Gasteiger charge is -2.44. The minimum absolute atomic E-state index is 0.00393. The molecule has 5 nitrogen and oxygen atoms in total. The molecule has 2 aliphatic carbocycles. The molecule has 1 unspecified atom stereocenters. The summed E-state index contributed by atoms with van der Waals surface area (Å²) in [6, 6.07) is 0.228. The van der Waals surface area contributed by atoms with Gasteiger partial charge in [0.25, 0.3) is 0 Å². The van der Waals surface area contributed by atoms with Crippen LogP contribution in [0.25, 0.3) is 0 Å². The van der Waals surface area contributed by atoms with Crippen LogP contribution in [0.3, 0.4) is 0 Å². The summed E-state index contributed by atoms with van der Waals surface area (Å²) < 4.78 is 6.09. The van der Waals surface area contributed by atoms with Crippen LogP contribution in [-0.2, 0) is 14.3 Å². The summed E-state index contributed by atoms with van der Waals surface area (Å²) in [7, 11) is 0. The van der Waals surface area contributed by atoms with Crippen LogP contribution in [-0.4, -0.2) is 35.2 Å². The first-order valence-electron chi connectivity index (χ1n) is 9.25. The molecule has 130 valence electrons. The molecule has 1 aliphatic heterocycles. The molecule has 1 amide bonds. The minimum atomic E-state index is -0.715. The van der Waals surface area contributed by atoms with Gasteiger partial charge in [-0.25, -0.2) is 0 Å². The van der Waals surface area contributed by atoms with Gasteiger partial charge in [0.1, 0.15) is 0 Å². The van der Waals surface area contributed by atoms with E-state index in [1.165, 1.54) is 19.3 Å². The van der Waals surface area contributed by atoms with Gasteiger partial charge in [0.05, 0.1) is 11.5 Å². The Labute approximate surface area is 138 Å². The zero-order chi connectivity index (χ0) is 16.3. The van der Waals surface area contributed by atoms with Crippen molar-refractivity contribution in [2.45, 2.75) is 82.3 Å². The number of aliphatic carboxylic acids is 1. The number of carbonyl (C=O) groups is 2. The van der Waals surface area contributed by atoms with Crippen molar-refractivity contribution in [3.05, 3.63) is 0 Å². The van der Waals surface area contributed by atoms with Gasteiger partial charge in [0, 0.05) is 18.6 Å². The Bertz CT molecular complexity index is 431. The Balaban J connectivity index is 1.49. The highest BCUT2D eigenvalue weighted by Gasteiger charge is 2.39. The van der Waals surface area contributed by atoms with E-state index < -0.39 is 5.97 Å². The lowest BCUT2D eigenvalue weighted by molar-refractivity contribution is -0.144. The van der Waals surface area contributed by atoms with Gasteiger partial charge in [0.2, 0.25) is 5.91 Å². The Morgan fingerprint density at radius 1 is 0.957 bits per heavy atom. The van der Waals surface area contributed by atoms with Gasteiger partial charge in [-0.2, -0.15) is 0 Å². The first-order valence-corrected chi connectivity index (χ1v) is 9.25. The Kier molecular flexibility index (Phi) is 5.24. The van der Waals surface area contributed by atoms with Crippen LogP contribution in [0.1, 0.15) is 70.6 Å². The van der Waals surface area contributed by atoms with Gasteiger partial charge in [0.15, 0.2) is 0 Å². The maximum absolute atomic E-state index is 12.5. The fourth-order valence-electron chi connectivity index (χ4n) is 4.62. The molecule has 5 heteroatoms. The third-order valence-electron chi connectivity index (χ3n) is 6.05. The van der Waals surface area contributed by atoms with Gasteiger partial charge in [-0.05, 0) is 51.4 Å². The Hall–Kier alpha value is -1.10. The van der Waals surface area contributed by atoms with Crippen LogP contribution in [0.2, 0.25) is 0 Å². The molecule has 3 aliphatic rings. The van der Waals surface area contributed by atoms with Crippen LogP contribution >= 0.6 is 0 Å². The lowest BCUT2D eigenvalue weighted by atomic mass is 9.77. The van der Waals surface area contributed by atoms with Gasteiger partial charge in [-0.1, -0.05) is 19.3 Å². The maximum Gasteiger partial charge on any atom is 0.306 e. The number of nitrogens with one attached hydrogen (secondary N) is 1. The maximum atomic E-state index is 12.5. The molecule has 2 N–H and O–H groups in total. The molecular formula is C18H29NO4. The zero-order valence-corrected chi connectivity index (χ0v) is 13.9. The monoisotopic (exact) mass is 323 g/mol. The molecule has 1 heterocycles. The van der Waals surface area contributed by atoms with Crippen LogP contribution in [0, 0.1) is 11.8 Å². The number of rotatable bonds is 3. The number of ether oxygens (including phenoxy) is 1. The molecule has 1 saturated heterocycles. The molecule has 1 spiro atoms. The highest BCUT2D eigenvalue weighted by Crippen LogP contribution is 2.38. The second-order valence-corrected chi connectivity index (χ2v) is 7.68. The van der Waals surface area contributed by atoms with Crippen molar-refractivity contribution in [1.29, 1.82) is 0 Å². The molecule has 3 rings (SSSR count). The van der Waals surface area contributed by atoms with Crippen molar-refractivity contribution in [2.24, 2.45) is 11.8 Å². The molecule has 2 saturated carbocycles. The lowest BCUT2D eigenvalue weighted by Crippen LogP contribution is -2.50. The Morgan fingerprint density at radius 3 is 2.26 bits per heavy atom. The van der Waals surface area contributed by atoms with Crippen molar-refractivity contribution in [1.82, 2.24) is 5.32 Å². The average molecular weight is 323 g/mol. The molecule has 1 atom stereocenters. The quantitative estimate of drug-likeness (QED) is 0.837. The fourth-order valence-corrected chi connectivity index (χ4v) is 4.62. The van der Waals surface area contributed by atoms with E-state index in [9.17, 15) is 9.59 Å². The zero-order valence-electron chi connectivity index (χ0n) is 13.9. The summed E-state index contributed by atoms with van der Waals surface area (Å²) in [6.07, 6.45) is 10.5. The molecule has 0 aromatic rings. The second-order valence-electron chi connectivity index (χ2n) is 7.68. The van der Waals surface area contributed by atoms with E-state index in [0.29, 0.717) is 25.7 Å². The summed E-state index contributed by atoms with van der Waals surface area (Å²) >= 11 is 0. The molecule has 0 aromatic carbocycles. The smallest absolute Gasteiger partial charge is 0.306 e. The SMILES string of the molecule is O=C(O)C1CCC(C(=O)NC2CCOC3(CCCCC3)C2)CC1. The molecular weight excluding hydrogens is 294 g/mol. The van der Waals surface area contributed by atoms with E-state index in [1.54, 1.807) is 0 Å². The van der Waals surface area contributed by atoms with E-state index in [-0.39, 0.29) is 29.4 Å².